The molecule has 2 aromatic rings. The molecule has 94 valence electrons. The number of pyridine rings is 1. The Labute approximate surface area is 119 Å². The van der Waals surface area contributed by atoms with Gasteiger partial charge < -0.3 is 5.32 Å². The summed E-state index contributed by atoms with van der Waals surface area (Å²) in [6, 6.07) is 12.3. The fourth-order valence-corrected chi connectivity index (χ4v) is 1.90. The first-order valence-corrected chi connectivity index (χ1v) is 6.34. The smallest absolute Gasteiger partial charge is 0.274 e. The van der Waals surface area contributed by atoms with E-state index < -0.39 is 0 Å². The third kappa shape index (κ3) is 3.18. The Hall–Kier alpha value is -2.19. The van der Waals surface area contributed by atoms with E-state index in [-0.39, 0.29) is 17.3 Å². The van der Waals surface area contributed by atoms with Gasteiger partial charge in [-0.15, -0.1) is 0 Å². The molecular formula is C14H10BrN3O. The quantitative estimate of drug-likeness (QED) is 0.924. The fourth-order valence-electron chi connectivity index (χ4n) is 1.54. The number of benzene rings is 1. The van der Waals surface area contributed by atoms with Gasteiger partial charge in [0.1, 0.15) is 17.5 Å². The number of aromatic nitrogens is 1. The molecule has 0 saturated carbocycles. The average Bonchev–Trinajstić information content (AvgIpc) is 2.43. The zero-order chi connectivity index (χ0) is 13.8. The molecule has 0 bridgehead atoms. The number of halogens is 1. The predicted molar refractivity (Wildman–Crippen MR) is 75.8 cm³/mol. The van der Waals surface area contributed by atoms with E-state index in [2.05, 4.69) is 26.2 Å². The number of hydrogen-bond donors (Lipinski definition) is 1. The van der Waals surface area contributed by atoms with E-state index in [0.717, 1.165) is 10.0 Å². The number of amides is 1. The Kier molecular flexibility index (Phi) is 3.93. The average molecular weight is 316 g/mol. The summed E-state index contributed by atoms with van der Waals surface area (Å²) < 4.78 is 0.882. The Balaban J connectivity index is 2.26. The number of aryl methyl sites for hydroxylation is 1. The molecule has 0 aliphatic carbocycles. The van der Waals surface area contributed by atoms with E-state index >= 15 is 0 Å². The van der Waals surface area contributed by atoms with Gasteiger partial charge in [0, 0.05) is 10.2 Å². The van der Waals surface area contributed by atoms with Crippen molar-refractivity contribution in [3.8, 4) is 6.07 Å². The second-order valence-corrected chi connectivity index (χ2v) is 4.85. The first-order valence-electron chi connectivity index (χ1n) is 5.55. The van der Waals surface area contributed by atoms with Crippen LogP contribution in [-0.4, -0.2) is 10.9 Å². The zero-order valence-corrected chi connectivity index (χ0v) is 11.7. The zero-order valence-electron chi connectivity index (χ0n) is 10.1. The molecule has 1 heterocycles. The Morgan fingerprint density at radius 1 is 1.37 bits per heavy atom. The number of carbonyl (C=O) groups is 1. The van der Waals surface area contributed by atoms with Crippen LogP contribution in [0.5, 0.6) is 0 Å². The topological polar surface area (TPSA) is 65.8 Å². The Morgan fingerprint density at radius 3 is 2.89 bits per heavy atom. The SMILES string of the molecule is Cc1ccc(Br)cc1NC(=O)c1cccc(C#N)n1. The van der Waals surface area contributed by atoms with Crippen LogP contribution in [0.1, 0.15) is 21.7 Å². The molecule has 1 amide bonds. The van der Waals surface area contributed by atoms with Crippen molar-refractivity contribution in [2.75, 3.05) is 5.32 Å². The van der Waals surface area contributed by atoms with E-state index in [4.69, 9.17) is 5.26 Å². The van der Waals surface area contributed by atoms with Gasteiger partial charge in [0.15, 0.2) is 0 Å². The summed E-state index contributed by atoms with van der Waals surface area (Å²) in [6.07, 6.45) is 0. The molecule has 0 aliphatic rings. The summed E-state index contributed by atoms with van der Waals surface area (Å²) in [5, 5.41) is 11.5. The standard InChI is InChI=1S/C14H10BrN3O/c1-9-5-6-10(15)7-13(9)18-14(19)12-4-2-3-11(8-16)17-12/h2-7H,1H3,(H,18,19). The van der Waals surface area contributed by atoms with Crippen molar-refractivity contribution >= 4 is 27.5 Å². The van der Waals surface area contributed by atoms with Crippen molar-refractivity contribution in [1.82, 2.24) is 4.98 Å². The Morgan fingerprint density at radius 2 is 2.16 bits per heavy atom. The van der Waals surface area contributed by atoms with Crippen LogP contribution in [0.3, 0.4) is 0 Å². The number of carbonyl (C=O) groups excluding carboxylic acids is 1. The van der Waals surface area contributed by atoms with Gasteiger partial charge in [-0.3, -0.25) is 4.79 Å². The lowest BCUT2D eigenvalue weighted by atomic mass is 10.2. The van der Waals surface area contributed by atoms with Crippen molar-refractivity contribution in [3.05, 3.63) is 57.8 Å². The molecule has 5 heteroatoms. The van der Waals surface area contributed by atoms with E-state index in [0.29, 0.717) is 5.69 Å². The number of nitrogens with one attached hydrogen (secondary N) is 1. The van der Waals surface area contributed by atoms with E-state index in [1.807, 2.05) is 31.2 Å². The highest BCUT2D eigenvalue weighted by Gasteiger charge is 2.10. The highest BCUT2D eigenvalue weighted by atomic mass is 79.9. The van der Waals surface area contributed by atoms with Gasteiger partial charge in [0.05, 0.1) is 0 Å². The van der Waals surface area contributed by atoms with Crippen LogP contribution in [0.25, 0.3) is 0 Å². The number of anilines is 1. The van der Waals surface area contributed by atoms with Crippen LogP contribution in [0.15, 0.2) is 40.9 Å². The Bertz CT molecular complexity index is 677. The summed E-state index contributed by atoms with van der Waals surface area (Å²) in [7, 11) is 0. The highest BCUT2D eigenvalue weighted by Crippen LogP contribution is 2.21. The highest BCUT2D eigenvalue weighted by molar-refractivity contribution is 9.10. The minimum absolute atomic E-state index is 0.221. The number of hydrogen-bond acceptors (Lipinski definition) is 3. The monoisotopic (exact) mass is 315 g/mol. The van der Waals surface area contributed by atoms with Crippen LogP contribution in [-0.2, 0) is 0 Å². The van der Waals surface area contributed by atoms with Gasteiger partial charge in [-0.1, -0.05) is 28.1 Å². The lowest BCUT2D eigenvalue weighted by Gasteiger charge is -2.08. The normalized spacial score (nSPS) is 9.74. The molecule has 1 aromatic carbocycles. The molecule has 2 rings (SSSR count). The summed E-state index contributed by atoms with van der Waals surface area (Å²) >= 11 is 3.36. The molecule has 0 spiro atoms. The van der Waals surface area contributed by atoms with Crippen molar-refractivity contribution < 1.29 is 4.79 Å². The van der Waals surface area contributed by atoms with E-state index in [1.54, 1.807) is 18.2 Å². The summed E-state index contributed by atoms with van der Waals surface area (Å²) in [5.74, 6) is -0.335. The molecule has 0 fully saturated rings. The minimum Gasteiger partial charge on any atom is -0.320 e. The second-order valence-electron chi connectivity index (χ2n) is 3.93. The van der Waals surface area contributed by atoms with Crippen molar-refractivity contribution in [2.45, 2.75) is 6.92 Å². The third-order valence-electron chi connectivity index (χ3n) is 2.54. The molecule has 19 heavy (non-hydrogen) atoms. The predicted octanol–water partition coefficient (Wildman–Crippen LogP) is 3.28. The summed E-state index contributed by atoms with van der Waals surface area (Å²) in [6.45, 7) is 1.90. The summed E-state index contributed by atoms with van der Waals surface area (Å²) in [5.41, 5.74) is 2.11. The van der Waals surface area contributed by atoms with Crippen molar-refractivity contribution in [2.24, 2.45) is 0 Å². The lowest BCUT2D eigenvalue weighted by Crippen LogP contribution is -2.14. The van der Waals surface area contributed by atoms with Crippen LogP contribution < -0.4 is 5.32 Å². The van der Waals surface area contributed by atoms with Gasteiger partial charge in [-0.25, -0.2) is 4.98 Å². The van der Waals surface area contributed by atoms with Crippen LogP contribution in [0, 0.1) is 18.3 Å². The number of nitrogens with zero attached hydrogens (tertiary/aromatic N) is 2. The van der Waals surface area contributed by atoms with Crippen molar-refractivity contribution in [3.63, 3.8) is 0 Å². The maximum absolute atomic E-state index is 12.0. The maximum atomic E-state index is 12.0. The molecule has 0 aliphatic heterocycles. The van der Waals surface area contributed by atoms with Gasteiger partial charge in [-0.05, 0) is 36.8 Å². The van der Waals surface area contributed by atoms with Crippen molar-refractivity contribution in [1.29, 1.82) is 5.26 Å². The molecule has 0 unspecified atom stereocenters. The van der Waals surface area contributed by atoms with Gasteiger partial charge in [-0.2, -0.15) is 5.26 Å². The van der Waals surface area contributed by atoms with Crippen LogP contribution in [0.4, 0.5) is 5.69 Å². The molecule has 4 nitrogen and oxygen atoms in total. The molecule has 0 radical (unpaired) electrons. The first-order chi connectivity index (χ1) is 9.10. The van der Waals surface area contributed by atoms with Crippen LogP contribution >= 0.6 is 15.9 Å². The summed E-state index contributed by atoms with van der Waals surface area (Å²) in [4.78, 5) is 16.0. The molecular weight excluding hydrogens is 306 g/mol. The molecule has 0 saturated heterocycles. The van der Waals surface area contributed by atoms with Gasteiger partial charge in [0.25, 0.3) is 5.91 Å². The molecule has 1 N–H and O–H groups in total. The fraction of sp³-hybridized carbons (Fsp3) is 0.0714. The van der Waals surface area contributed by atoms with E-state index in [9.17, 15) is 4.79 Å². The van der Waals surface area contributed by atoms with Crippen LogP contribution in [0.2, 0.25) is 0 Å². The first kappa shape index (κ1) is 13.2. The largest absolute Gasteiger partial charge is 0.320 e. The maximum Gasteiger partial charge on any atom is 0.274 e. The van der Waals surface area contributed by atoms with Gasteiger partial charge >= 0.3 is 0 Å². The third-order valence-corrected chi connectivity index (χ3v) is 3.04. The van der Waals surface area contributed by atoms with E-state index in [1.165, 1.54) is 0 Å². The van der Waals surface area contributed by atoms with Gasteiger partial charge in [0.2, 0.25) is 0 Å². The second kappa shape index (κ2) is 5.63. The molecule has 1 aromatic heterocycles. The molecule has 0 atom stereocenters. The number of nitriles is 1. The lowest BCUT2D eigenvalue weighted by molar-refractivity contribution is 0.102. The minimum atomic E-state index is -0.335. The number of rotatable bonds is 2.